The molecule has 0 unspecified atom stereocenters. The van der Waals surface area contributed by atoms with Gasteiger partial charge in [0.05, 0.1) is 68.3 Å². The lowest BCUT2D eigenvalue weighted by Gasteiger charge is -2.12. The van der Waals surface area contributed by atoms with E-state index in [0.717, 1.165) is 177 Å². The Balaban J connectivity index is 0.000000143. The molecule has 0 saturated carbocycles. The molecule has 0 spiro atoms. The third-order valence-electron chi connectivity index (χ3n) is 22.3. The molecule has 14 heteroatoms. The zero-order chi connectivity index (χ0) is 78.7. The maximum absolute atomic E-state index is 5.20. The molecular weight excluding hydrogens is 1490 g/mol. The lowest BCUT2D eigenvalue weighted by Crippen LogP contribution is -2.00. The molecule has 0 N–H and O–H groups in total. The summed E-state index contributed by atoms with van der Waals surface area (Å²) in [5.74, 6) is 2.55. The molecule has 12 nitrogen and oxygen atoms in total. The van der Waals surface area contributed by atoms with Gasteiger partial charge in [-0.15, -0.1) is 0 Å². The Hall–Kier alpha value is -15.6. The number of aromatic nitrogens is 12. The van der Waals surface area contributed by atoms with E-state index in [1.807, 2.05) is 66.7 Å². The predicted molar refractivity (Wildman–Crippen MR) is 489 cm³/mol. The van der Waals surface area contributed by atoms with E-state index < -0.39 is 0 Å². The van der Waals surface area contributed by atoms with Crippen LogP contribution in [-0.2, 0) is 0 Å². The number of para-hydroxylation sites is 4. The molecule has 23 rings (SSSR count). The molecule has 7 aromatic heterocycles. The highest BCUT2D eigenvalue weighted by molar-refractivity contribution is 7.00. The zero-order valence-electron chi connectivity index (χ0n) is 63.6. The minimum atomic E-state index is 0.617. The third-order valence-corrected chi connectivity index (χ3v) is 23.4. The van der Waals surface area contributed by atoms with Crippen LogP contribution in [-0.4, -0.2) is 56.9 Å². The van der Waals surface area contributed by atoms with Crippen LogP contribution in [0.25, 0.3) is 228 Å². The highest BCUT2D eigenvalue weighted by Gasteiger charge is 2.22. The van der Waals surface area contributed by atoms with Crippen LogP contribution in [0.3, 0.4) is 0 Å². The lowest BCUT2D eigenvalue weighted by atomic mass is 9.96. The van der Waals surface area contributed by atoms with Gasteiger partial charge in [0.25, 0.3) is 0 Å². The molecule has 556 valence electrons. The molecule has 0 bridgehead atoms. The van der Waals surface area contributed by atoms with Gasteiger partial charge >= 0.3 is 0 Å². The van der Waals surface area contributed by atoms with Crippen molar-refractivity contribution >= 4 is 111 Å². The van der Waals surface area contributed by atoms with E-state index in [1.54, 1.807) is 0 Å². The molecule has 119 heavy (non-hydrogen) atoms. The SMILES string of the molecule is c1ccc(-c2cccc(-c3cc(-c4ccc(-c5ccc(-c6nc7ccccc7c7c6ccc6nsnc67)cc5)cc4)nc(-c4cccc(-c5ccccc5)c4)n3)c2)cc1.c1ccc(-c2nc(-c3ccc(-c4ccc(-c5nc6ccccc6c6c5ccc5nsnc56)cc4)cc3)nc(-c3ccc(-n4c5ccccc5c5ccccc54)cc3)n2)cc1. The Morgan fingerprint density at radius 3 is 0.983 bits per heavy atom. The molecule has 0 fully saturated rings. The molecule has 0 aliphatic rings. The maximum Gasteiger partial charge on any atom is 0.164 e. The number of pyridine rings is 2. The topological polar surface area (TPSA) is 147 Å². The van der Waals surface area contributed by atoms with Crippen molar-refractivity contribution in [1.82, 2.24) is 56.9 Å². The van der Waals surface area contributed by atoms with Crippen molar-refractivity contribution in [3.8, 4) is 141 Å². The van der Waals surface area contributed by atoms with Gasteiger partial charge in [-0.25, -0.2) is 34.9 Å². The summed E-state index contributed by atoms with van der Waals surface area (Å²) in [5, 5.41) is 8.97. The van der Waals surface area contributed by atoms with Crippen LogP contribution in [0.15, 0.2) is 388 Å². The van der Waals surface area contributed by atoms with Crippen LogP contribution in [0, 0.1) is 0 Å². The molecular formula is C105H64N12S2. The van der Waals surface area contributed by atoms with Gasteiger partial charge in [-0.05, 0) is 136 Å². The molecule has 0 saturated heterocycles. The van der Waals surface area contributed by atoms with Crippen molar-refractivity contribution in [2.75, 3.05) is 0 Å². The average Bonchev–Trinajstić information content (AvgIpc) is 0.843. The van der Waals surface area contributed by atoms with Gasteiger partial charge in [0.2, 0.25) is 0 Å². The third kappa shape index (κ3) is 13.1. The fraction of sp³-hybridized carbons (Fsp3) is 0. The Bertz CT molecular complexity index is 7660. The van der Waals surface area contributed by atoms with Crippen molar-refractivity contribution < 1.29 is 0 Å². The van der Waals surface area contributed by atoms with Crippen LogP contribution >= 0.6 is 23.5 Å². The minimum Gasteiger partial charge on any atom is -0.309 e. The van der Waals surface area contributed by atoms with Gasteiger partial charge in [-0.3, -0.25) is 0 Å². The van der Waals surface area contributed by atoms with Crippen LogP contribution in [0.4, 0.5) is 0 Å². The lowest BCUT2D eigenvalue weighted by molar-refractivity contribution is 1.07. The molecule has 0 radical (unpaired) electrons. The van der Waals surface area contributed by atoms with Crippen molar-refractivity contribution in [3.63, 3.8) is 0 Å². The van der Waals surface area contributed by atoms with E-state index in [2.05, 4.69) is 344 Å². The number of benzene rings is 16. The van der Waals surface area contributed by atoms with Crippen LogP contribution in [0.5, 0.6) is 0 Å². The van der Waals surface area contributed by atoms with Crippen LogP contribution in [0.2, 0.25) is 0 Å². The minimum absolute atomic E-state index is 0.617. The number of hydrogen-bond donors (Lipinski definition) is 0. The van der Waals surface area contributed by atoms with Gasteiger partial charge in [0.1, 0.15) is 22.1 Å². The average molecular weight is 1560 g/mol. The Morgan fingerprint density at radius 2 is 0.513 bits per heavy atom. The van der Waals surface area contributed by atoms with E-state index in [0.29, 0.717) is 23.3 Å². The number of fused-ring (bicyclic) bond motifs is 13. The fourth-order valence-corrected chi connectivity index (χ4v) is 17.5. The summed E-state index contributed by atoms with van der Waals surface area (Å²) in [5.41, 5.74) is 29.5. The summed E-state index contributed by atoms with van der Waals surface area (Å²) in [6, 6.07) is 135. The van der Waals surface area contributed by atoms with Gasteiger partial charge < -0.3 is 4.57 Å². The first-order valence-electron chi connectivity index (χ1n) is 39.4. The number of hydrogen-bond acceptors (Lipinski definition) is 13. The van der Waals surface area contributed by atoms with Crippen molar-refractivity contribution in [3.05, 3.63) is 388 Å². The maximum atomic E-state index is 5.20. The molecule has 0 aliphatic heterocycles. The molecule has 16 aromatic carbocycles. The van der Waals surface area contributed by atoms with Crippen LogP contribution in [0.1, 0.15) is 0 Å². The first-order valence-corrected chi connectivity index (χ1v) is 40.8. The zero-order valence-corrected chi connectivity index (χ0v) is 65.3. The van der Waals surface area contributed by atoms with Gasteiger partial charge in [0.15, 0.2) is 23.3 Å². The van der Waals surface area contributed by atoms with E-state index in [-0.39, 0.29) is 0 Å². The summed E-state index contributed by atoms with van der Waals surface area (Å²) in [7, 11) is 0. The standard InChI is InChI=1S/C53H33N5S.C52H31N7S/c1-3-11-34(12-4-1)40-15-9-17-42(31-40)49-33-48(55-53(56-49)43-18-10-16-41(32-43)35-13-5-2-6-14-35)38-25-21-36(22-26-38)37-23-27-39(28-24-37)51-45-29-30-47-52(58-59-57-47)50(45)44-19-7-8-20-46(44)54-51;1-2-10-35(11-3-1)50-54-51(56-52(55-50)37-26-28-38(29-27-37)59-45-16-8-5-12-39(45)40-13-6-9-17-46(40)59)36-24-20-33(21-25-36)32-18-22-34(23-19-32)48-42-30-31-44-49(58-60-57-44)47(42)41-14-4-7-15-43(41)53-48/h1-33H;1-31H. The smallest absolute Gasteiger partial charge is 0.164 e. The summed E-state index contributed by atoms with van der Waals surface area (Å²) < 4.78 is 20.7. The van der Waals surface area contributed by atoms with Crippen molar-refractivity contribution in [2.24, 2.45) is 0 Å². The highest BCUT2D eigenvalue weighted by Crippen LogP contribution is 2.42. The number of nitrogens with zero attached hydrogens (tertiary/aromatic N) is 12. The normalized spacial score (nSPS) is 11.5. The second kappa shape index (κ2) is 30.0. The van der Waals surface area contributed by atoms with Gasteiger partial charge in [-0.1, -0.05) is 297 Å². The highest BCUT2D eigenvalue weighted by atomic mass is 32.1. The van der Waals surface area contributed by atoms with E-state index in [4.69, 9.17) is 34.9 Å². The molecule has 7 heterocycles. The van der Waals surface area contributed by atoms with Crippen LogP contribution < -0.4 is 0 Å². The Kier molecular flexibility index (Phi) is 17.6. The Morgan fingerprint density at radius 1 is 0.185 bits per heavy atom. The second-order valence-electron chi connectivity index (χ2n) is 29.4. The van der Waals surface area contributed by atoms with Gasteiger partial charge in [-0.2, -0.15) is 17.5 Å². The largest absolute Gasteiger partial charge is 0.309 e. The second-order valence-corrected chi connectivity index (χ2v) is 30.5. The van der Waals surface area contributed by atoms with E-state index >= 15 is 0 Å². The first-order chi connectivity index (χ1) is 58.9. The van der Waals surface area contributed by atoms with Crippen molar-refractivity contribution in [1.29, 1.82) is 0 Å². The predicted octanol–water partition coefficient (Wildman–Crippen LogP) is 26.9. The molecule has 23 aromatic rings. The monoisotopic (exact) mass is 1560 g/mol. The van der Waals surface area contributed by atoms with Gasteiger partial charge in [0, 0.05) is 93.3 Å². The fourth-order valence-electron chi connectivity index (χ4n) is 16.4. The van der Waals surface area contributed by atoms with E-state index in [9.17, 15) is 0 Å². The first kappa shape index (κ1) is 70.1. The summed E-state index contributed by atoms with van der Waals surface area (Å²) in [4.78, 5) is 35.7. The molecule has 0 atom stereocenters. The quantitative estimate of drug-likeness (QED) is 0.102. The summed E-state index contributed by atoms with van der Waals surface area (Å²) >= 11 is 2.49. The number of rotatable bonds is 13. The van der Waals surface area contributed by atoms with Crippen molar-refractivity contribution in [2.45, 2.75) is 0 Å². The Labute approximate surface area is 691 Å². The molecule has 0 aliphatic carbocycles. The molecule has 0 amide bonds. The van der Waals surface area contributed by atoms with E-state index in [1.165, 1.54) is 50.8 Å². The summed E-state index contributed by atoms with van der Waals surface area (Å²) in [6.07, 6.45) is 0. The summed E-state index contributed by atoms with van der Waals surface area (Å²) in [6.45, 7) is 0.